The Bertz CT molecular complexity index is 609. The molecule has 0 radical (unpaired) electrons. The molecular weight excluding hydrogens is 250 g/mol. The molecule has 0 spiro atoms. The Hall–Kier alpha value is -2.29. The second-order valence-electron chi connectivity index (χ2n) is 5.16. The van der Waals surface area contributed by atoms with Crippen LogP contribution in [0.25, 0.3) is 0 Å². The van der Waals surface area contributed by atoms with Gasteiger partial charge in [-0.2, -0.15) is 0 Å². The van der Waals surface area contributed by atoms with Crippen LogP contribution < -0.4 is 5.32 Å². The number of carboxylic acid groups (broad SMARTS) is 1. The van der Waals surface area contributed by atoms with Crippen molar-refractivity contribution in [3.63, 3.8) is 0 Å². The van der Waals surface area contributed by atoms with E-state index in [-0.39, 0.29) is 18.4 Å². The molecule has 0 bridgehead atoms. The molecule has 0 saturated heterocycles. The molecule has 0 aromatic heterocycles. The summed E-state index contributed by atoms with van der Waals surface area (Å²) < 4.78 is 0. The van der Waals surface area contributed by atoms with E-state index in [0.717, 1.165) is 5.69 Å². The highest BCUT2D eigenvalue weighted by molar-refractivity contribution is 5.67. The molecule has 0 aliphatic carbocycles. The van der Waals surface area contributed by atoms with E-state index in [0.29, 0.717) is 6.42 Å². The second kappa shape index (κ2) is 5.37. The maximum Gasteiger partial charge on any atom is 0.303 e. The van der Waals surface area contributed by atoms with E-state index >= 15 is 0 Å². The van der Waals surface area contributed by atoms with Gasteiger partial charge in [-0.05, 0) is 23.6 Å². The Morgan fingerprint density at radius 2 is 1.75 bits per heavy atom. The molecular formula is C17H17NO2. The average molecular weight is 267 g/mol. The lowest BCUT2D eigenvalue weighted by Gasteiger charge is -2.20. The third kappa shape index (κ3) is 2.39. The van der Waals surface area contributed by atoms with E-state index in [1.807, 2.05) is 30.3 Å². The number of fused-ring (bicyclic) bond motifs is 1. The molecule has 2 aromatic rings. The first-order valence-corrected chi connectivity index (χ1v) is 6.88. The van der Waals surface area contributed by atoms with Crippen molar-refractivity contribution in [2.75, 3.05) is 5.32 Å². The summed E-state index contributed by atoms with van der Waals surface area (Å²) in [6, 6.07) is 18.6. The molecule has 3 rings (SSSR count). The van der Waals surface area contributed by atoms with E-state index < -0.39 is 5.97 Å². The minimum absolute atomic E-state index is 0.160. The fourth-order valence-corrected chi connectivity index (χ4v) is 2.98. The van der Waals surface area contributed by atoms with Crippen molar-refractivity contribution < 1.29 is 9.90 Å². The molecule has 20 heavy (non-hydrogen) atoms. The summed E-state index contributed by atoms with van der Waals surface area (Å²) in [7, 11) is 0. The lowest BCUT2D eigenvalue weighted by molar-refractivity contribution is -0.137. The van der Waals surface area contributed by atoms with Gasteiger partial charge in [0.2, 0.25) is 0 Å². The maximum atomic E-state index is 10.9. The molecule has 1 aliphatic heterocycles. The van der Waals surface area contributed by atoms with Gasteiger partial charge in [0.15, 0.2) is 0 Å². The lowest BCUT2D eigenvalue weighted by atomic mass is 9.87. The first-order chi connectivity index (χ1) is 9.75. The largest absolute Gasteiger partial charge is 0.481 e. The van der Waals surface area contributed by atoms with E-state index in [1.165, 1.54) is 11.1 Å². The van der Waals surface area contributed by atoms with Gasteiger partial charge in [-0.15, -0.1) is 0 Å². The lowest BCUT2D eigenvalue weighted by Crippen LogP contribution is -2.13. The fraction of sp³-hybridized carbons (Fsp3) is 0.235. The van der Waals surface area contributed by atoms with Crippen LogP contribution in [0, 0.1) is 0 Å². The van der Waals surface area contributed by atoms with Gasteiger partial charge >= 0.3 is 5.97 Å². The van der Waals surface area contributed by atoms with E-state index in [1.54, 1.807) is 0 Å². The number of hydrogen-bond donors (Lipinski definition) is 2. The number of benzene rings is 2. The third-order valence-corrected chi connectivity index (χ3v) is 3.90. The van der Waals surface area contributed by atoms with Gasteiger partial charge in [-0.3, -0.25) is 4.79 Å². The number of para-hydroxylation sites is 1. The van der Waals surface area contributed by atoms with Crippen LogP contribution in [-0.4, -0.2) is 11.1 Å². The molecule has 3 nitrogen and oxygen atoms in total. The Morgan fingerprint density at radius 1 is 1.05 bits per heavy atom. The highest BCUT2D eigenvalue weighted by Gasteiger charge is 2.32. The summed E-state index contributed by atoms with van der Waals surface area (Å²) in [5, 5.41) is 12.5. The Labute approximate surface area is 118 Å². The highest BCUT2D eigenvalue weighted by Crippen LogP contribution is 2.46. The van der Waals surface area contributed by atoms with Crippen LogP contribution in [0.2, 0.25) is 0 Å². The number of nitrogens with one attached hydrogen (secondary N) is 1. The molecule has 102 valence electrons. The normalized spacial score (nSPS) is 20.2. The molecule has 1 heterocycles. The van der Waals surface area contributed by atoms with Gasteiger partial charge in [0.05, 0.1) is 6.04 Å². The average Bonchev–Trinajstić information content (AvgIpc) is 2.84. The van der Waals surface area contributed by atoms with E-state index in [2.05, 4.69) is 29.6 Å². The van der Waals surface area contributed by atoms with Crippen LogP contribution >= 0.6 is 0 Å². The van der Waals surface area contributed by atoms with Crippen molar-refractivity contribution in [3.8, 4) is 0 Å². The monoisotopic (exact) mass is 267 g/mol. The molecule has 2 unspecified atom stereocenters. The predicted octanol–water partition coefficient (Wildman–Crippen LogP) is 3.80. The van der Waals surface area contributed by atoms with Crippen LogP contribution in [0.4, 0.5) is 5.69 Å². The number of anilines is 1. The third-order valence-electron chi connectivity index (χ3n) is 3.90. The smallest absolute Gasteiger partial charge is 0.303 e. The van der Waals surface area contributed by atoms with Gasteiger partial charge in [0.1, 0.15) is 0 Å². The molecule has 0 fully saturated rings. The van der Waals surface area contributed by atoms with Gasteiger partial charge in [0.25, 0.3) is 0 Å². The van der Waals surface area contributed by atoms with Crippen LogP contribution in [0.3, 0.4) is 0 Å². The van der Waals surface area contributed by atoms with Gasteiger partial charge in [-0.1, -0.05) is 48.5 Å². The molecule has 2 aromatic carbocycles. The number of carbonyl (C=O) groups is 1. The minimum atomic E-state index is -0.735. The van der Waals surface area contributed by atoms with Crippen molar-refractivity contribution in [1.82, 2.24) is 0 Å². The standard InChI is InChI=1S/C17H17NO2/c19-16(20)11-10-14-13-8-4-5-9-15(13)18-17(14)12-6-2-1-3-7-12/h1-9,14,17-18H,10-11H2,(H,19,20). The predicted molar refractivity (Wildman–Crippen MR) is 78.9 cm³/mol. The van der Waals surface area contributed by atoms with Crippen LogP contribution in [0.15, 0.2) is 54.6 Å². The van der Waals surface area contributed by atoms with Crippen LogP contribution in [0.1, 0.15) is 35.9 Å². The quantitative estimate of drug-likeness (QED) is 0.885. The number of carboxylic acids is 1. The summed E-state index contributed by atoms with van der Waals surface area (Å²) in [5.74, 6) is -0.522. The molecule has 3 heteroatoms. The van der Waals surface area contributed by atoms with Gasteiger partial charge in [-0.25, -0.2) is 0 Å². The van der Waals surface area contributed by atoms with Crippen molar-refractivity contribution >= 4 is 11.7 Å². The van der Waals surface area contributed by atoms with Gasteiger partial charge in [0, 0.05) is 18.0 Å². The van der Waals surface area contributed by atoms with Crippen molar-refractivity contribution in [1.29, 1.82) is 0 Å². The molecule has 2 N–H and O–H groups in total. The van der Waals surface area contributed by atoms with E-state index in [4.69, 9.17) is 5.11 Å². The fourth-order valence-electron chi connectivity index (χ4n) is 2.98. The zero-order valence-corrected chi connectivity index (χ0v) is 11.1. The molecule has 2 atom stereocenters. The SMILES string of the molecule is O=C(O)CCC1c2ccccc2NC1c1ccccc1. The molecule has 1 aliphatic rings. The highest BCUT2D eigenvalue weighted by atomic mass is 16.4. The van der Waals surface area contributed by atoms with Crippen molar-refractivity contribution in [2.24, 2.45) is 0 Å². The van der Waals surface area contributed by atoms with Crippen LogP contribution in [0.5, 0.6) is 0 Å². The van der Waals surface area contributed by atoms with E-state index in [9.17, 15) is 4.79 Å². The summed E-state index contributed by atoms with van der Waals surface area (Å²) in [5.41, 5.74) is 3.55. The summed E-state index contributed by atoms with van der Waals surface area (Å²) in [4.78, 5) is 10.9. The Morgan fingerprint density at radius 3 is 2.50 bits per heavy atom. The number of hydrogen-bond acceptors (Lipinski definition) is 2. The summed E-state index contributed by atoms with van der Waals surface area (Å²) >= 11 is 0. The first kappa shape index (κ1) is 12.7. The zero-order chi connectivity index (χ0) is 13.9. The number of aliphatic carboxylic acids is 1. The Kier molecular flexibility index (Phi) is 3.42. The van der Waals surface area contributed by atoms with Gasteiger partial charge < -0.3 is 10.4 Å². The minimum Gasteiger partial charge on any atom is -0.481 e. The first-order valence-electron chi connectivity index (χ1n) is 6.88. The number of rotatable bonds is 4. The zero-order valence-electron chi connectivity index (χ0n) is 11.1. The maximum absolute atomic E-state index is 10.9. The second-order valence-corrected chi connectivity index (χ2v) is 5.16. The molecule has 0 saturated carbocycles. The summed E-state index contributed by atoms with van der Waals surface area (Å²) in [6.07, 6.45) is 0.850. The molecule has 0 amide bonds. The van der Waals surface area contributed by atoms with Crippen molar-refractivity contribution in [2.45, 2.75) is 24.8 Å². The van der Waals surface area contributed by atoms with Crippen molar-refractivity contribution in [3.05, 3.63) is 65.7 Å². The topological polar surface area (TPSA) is 49.3 Å². The summed E-state index contributed by atoms with van der Waals surface area (Å²) in [6.45, 7) is 0. The van der Waals surface area contributed by atoms with Crippen LogP contribution in [-0.2, 0) is 4.79 Å². The Balaban J connectivity index is 1.92.